The van der Waals surface area contributed by atoms with Crippen LogP contribution in [0, 0.1) is 0 Å². The van der Waals surface area contributed by atoms with Crippen LogP contribution in [0.2, 0.25) is 0 Å². The van der Waals surface area contributed by atoms with Gasteiger partial charge in [-0.15, -0.1) is 0 Å². The van der Waals surface area contributed by atoms with Crippen LogP contribution in [0.25, 0.3) is 22.0 Å². The topological polar surface area (TPSA) is 82.9 Å². The maximum absolute atomic E-state index is 12.7. The van der Waals surface area contributed by atoms with Crippen LogP contribution in [0.5, 0.6) is 5.75 Å². The number of ether oxygens (including phenoxy) is 1. The Morgan fingerprint density at radius 3 is 2.47 bits per heavy atom. The Bertz CT molecular complexity index is 1110. The van der Waals surface area contributed by atoms with Crippen molar-refractivity contribution in [1.82, 2.24) is 9.88 Å². The van der Waals surface area contributed by atoms with E-state index in [0.717, 1.165) is 40.6 Å². The highest BCUT2D eigenvalue weighted by atomic mass is 32.3. The smallest absolute Gasteiger partial charge is 0.244 e. The molecule has 1 atom stereocenters. The van der Waals surface area contributed by atoms with Gasteiger partial charge in [0.2, 0.25) is 5.91 Å². The number of likely N-dealkylation sites (tertiary alicyclic amines) is 1. The molecule has 2 fully saturated rings. The van der Waals surface area contributed by atoms with E-state index >= 15 is 0 Å². The second-order valence-electron chi connectivity index (χ2n) is 8.64. The van der Waals surface area contributed by atoms with Crippen LogP contribution in [-0.2, 0) is 4.79 Å². The Balaban J connectivity index is 1.18. The van der Waals surface area contributed by atoms with E-state index in [1.165, 1.54) is 0 Å². The highest BCUT2D eigenvalue weighted by Gasteiger charge is 2.40. The van der Waals surface area contributed by atoms with Crippen molar-refractivity contribution in [2.75, 3.05) is 18.8 Å². The average molecular weight is 453 g/mol. The van der Waals surface area contributed by atoms with Crippen molar-refractivity contribution >= 4 is 27.4 Å². The number of nitrogens with zero attached hydrogens (tertiary/aromatic N) is 2. The fourth-order valence-electron chi connectivity index (χ4n) is 4.64. The van der Waals surface area contributed by atoms with Gasteiger partial charge >= 0.3 is 0 Å². The minimum Gasteiger partial charge on any atom is -0.490 e. The second kappa shape index (κ2) is 8.73. The van der Waals surface area contributed by atoms with Crippen LogP contribution < -0.4 is 4.74 Å². The summed E-state index contributed by atoms with van der Waals surface area (Å²) in [4.78, 5) is 19.0. The van der Waals surface area contributed by atoms with Gasteiger partial charge in [0.15, 0.2) is 0 Å². The predicted octanol–water partition coefficient (Wildman–Crippen LogP) is 5.18. The van der Waals surface area contributed by atoms with E-state index in [0.29, 0.717) is 31.7 Å². The van der Waals surface area contributed by atoms with Gasteiger partial charge in [0.05, 0.1) is 5.52 Å². The molecule has 168 valence electrons. The standard InChI is InChI=1S/C25H28N2O4S/c28-25(24-6-3-15-32(24,29)30)27-13-11-22(12-14-27)31-21-9-7-18(8-10-21)20-16-19-4-1-2-5-23(19)26-17-20/h1-2,4-5,7-10,16-17,22,24,29-30H,3,6,11-15H2. The van der Waals surface area contributed by atoms with Crippen molar-refractivity contribution in [2.24, 2.45) is 0 Å². The lowest BCUT2D eigenvalue weighted by molar-refractivity contribution is -0.132. The van der Waals surface area contributed by atoms with Crippen molar-refractivity contribution < 1.29 is 18.6 Å². The van der Waals surface area contributed by atoms with Crippen molar-refractivity contribution in [3.8, 4) is 16.9 Å². The maximum atomic E-state index is 12.7. The zero-order valence-electron chi connectivity index (χ0n) is 17.9. The summed E-state index contributed by atoms with van der Waals surface area (Å²) >= 11 is 0. The number of hydrogen-bond acceptors (Lipinski definition) is 5. The van der Waals surface area contributed by atoms with E-state index in [-0.39, 0.29) is 12.0 Å². The third kappa shape index (κ3) is 4.33. The first-order valence-electron chi connectivity index (χ1n) is 11.1. The summed E-state index contributed by atoms with van der Waals surface area (Å²) in [6, 6.07) is 18.3. The first-order valence-corrected chi connectivity index (χ1v) is 12.9. The third-order valence-electron chi connectivity index (χ3n) is 6.48. The molecular weight excluding hydrogens is 424 g/mol. The van der Waals surface area contributed by atoms with E-state index in [2.05, 4.69) is 17.1 Å². The minimum atomic E-state index is -2.76. The molecule has 2 aliphatic rings. The van der Waals surface area contributed by atoms with E-state index in [1.54, 1.807) is 4.90 Å². The molecular formula is C25H28N2O4S. The predicted molar refractivity (Wildman–Crippen MR) is 128 cm³/mol. The molecule has 2 aliphatic heterocycles. The number of pyridine rings is 1. The van der Waals surface area contributed by atoms with E-state index in [4.69, 9.17) is 4.74 Å². The number of carbonyl (C=O) groups excluding carboxylic acids is 1. The van der Waals surface area contributed by atoms with Crippen LogP contribution in [0.15, 0.2) is 60.8 Å². The Hall–Kier alpha value is -2.61. The van der Waals surface area contributed by atoms with Gasteiger partial charge in [0.25, 0.3) is 0 Å². The van der Waals surface area contributed by atoms with Crippen molar-refractivity contribution in [1.29, 1.82) is 0 Å². The summed E-state index contributed by atoms with van der Waals surface area (Å²) in [7, 11) is -2.76. The lowest BCUT2D eigenvalue weighted by Crippen LogP contribution is -2.46. The van der Waals surface area contributed by atoms with Gasteiger partial charge in [0, 0.05) is 48.8 Å². The molecule has 2 aromatic carbocycles. The Kier molecular flexibility index (Phi) is 5.80. The molecule has 2 N–H and O–H groups in total. The molecule has 1 amide bonds. The van der Waals surface area contributed by atoms with Crippen LogP contribution in [0.1, 0.15) is 25.7 Å². The van der Waals surface area contributed by atoms with Crippen molar-refractivity contribution in [2.45, 2.75) is 37.0 Å². The summed E-state index contributed by atoms with van der Waals surface area (Å²) in [5.74, 6) is 1.07. The molecule has 0 aliphatic carbocycles. The number of amides is 1. The fourth-order valence-corrected chi connectivity index (χ4v) is 6.53. The summed E-state index contributed by atoms with van der Waals surface area (Å²) < 4.78 is 26.4. The first kappa shape index (κ1) is 21.2. The molecule has 7 heteroatoms. The average Bonchev–Trinajstić information content (AvgIpc) is 3.18. The minimum absolute atomic E-state index is 0.0520. The highest BCUT2D eigenvalue weighted by Crippen LogP contribution is 2.52. The van der Waals surface area contributed by atoms with Gasteiger partial charge in [-0.3, -0.25) is 18.9 Å². The summed E-state index contributed by atoms with van der Waals surface area (Å²) in [5.41, 5.74) is 3.14. The number of carbonyl (C=O) groups is 1. The number of piperidine rings is 1. The molecule has 3 heterocycles. The van der Waals surface area contributed by atoms with Gasteiger partial charge in [-0.05, 0) is 42.7 Å². The zero-order valence-corrected chi connectivity index (χ0v) is 18.7. The molecule has 0 bridgehead atoms. The molecule has 1 aromatic heterocycles. The number of rotatable bonds is 4. The second-order valence-corrected chi connectivity index (χ2v) is 11.0. The van der Waals surface area contributed by atoms with E-state index < -0.39 is 15.8 Å². The van der Waals surface area contributed by atoms with Crippen LogP contribution in [0.4, 0.5) is 0 Å². The molecule has 6 nitrogen and oxygen atoms in total. The molecule has 5 rings (SSSR count). The molecule has 3 aromatic rings. The van der Waals surface area contributed by atoms with Crippen LogP contribution in [0.3, 0.4) is 0 Å². The molecule has 2 saturated heterocycles. The number of fused-ring (bicyclic) bond motifs is 1. The van der Waals surface area contributed by atoms with Gasteiger partial charge in [-0.1, -0.05) is 30.3 Å². The van der Waals surface area contributed by atoms with E-state index in [1.807, 2.05) is 48.7 Å². The zero-order chi connectivity index (χ0) is 22.1. The lowest BCUT2D eigenvalue weighted by atomic mass is 10.0. The normalized spacial score (nSPS) is 22.1. The Labute approximate surface area is 189 Å². The van der Waals surface area contributed by atoms with Crippen molar-refractivity contribution in [3.63, 3.8) is 0 Å². The molecule has 0 radical (unpaired) electrons. The molecule has 1 unspecified atom stereocenters. The summed E-state index contributed by atoms with van der Waals surface area (Å²) in [6.45, 7) is 1.19. The van der Waals surface area contributed by atoms with E-state index in [9.17, 15) is 13.9 Å². The monoisotopic (exact) mass is 452 g/mol. The Morgan fingerprint density at radius 1 is 1.00 bits per heavy atom. The molecule has 0 saturated carbocycles. The van der Waals surface area contributed by atoms with Crippen LogP contribution in [-0.4, -0.2) is 55.1 Å². The van der Waals surface area contributed by atoms with Gasteiger partial charge in [-0.2, -0.15) is 10.6 Å². The number of aromatic nitrogens is 1. The van der Waals surface area contributed by atoms with Crippen molar-refractivity contribution in [3.05, 3.63) is 60.8 Å². The lowest BCUT2D eigenvalue weighted by Gasteiger charge is -2.38. The highest BCUT2D eigenvalue weighted by molar-refractivity contribution is 8.25. The fraction of sp³-hybridized carbons (Fsp3) is 0.360. The third-order valence-corrected chi connectivity index (χ3v) is 8.71. The maximum Gasteiger partial charge on any atom is 0.244 e. The molecule has 32 heavy (non-hydrogen) atoms. The number of hydrogen-bond donors (Lipinski definition) is 2. The summed E-state index contributed by atoms with van der Waals surface area (Å²) in [5, 5.41) is 0.502. The largest absolute Gasteiger partial charge is 0.490 e. The Morgan fingerprint density at radius 2 is 1.75 bits per heavy atom. The number of para-hydroxylation sites is 1. The number of benzene rings is 2. The van der Waals surface area contributed by atoms with Gasteiger partial charge in [-0.25, -0.2) is 0 Å². The SMILES string of the molecule is O=C(C1CCCS1(O)O)N1CCC(Oc2ccc(-c3cnc4ccccc4c3)cc2)CC1. The van der Waals surface area contributed by atoms with Crippen LogP contribution >= 0.6 is 10.6 Å². The van der Waals surface area contributed by atoms with Gasteiger partial charge < -0.3 is 9.64 Å². The quantitative estimate of drug-likeness (QED) is 0.570. The summed E-state index contributed by atoms with van der Waals surface area (Å²) in [6.07, 6.45) is 4.73. The van der Waals surface area contributed by atoms with Gasteiger partial charge in [0.1, 0.15) is 17.1 Å². The first-order chi connectivity index (χ1) is 15.5. The molecule has 0 spiro atoms.